The number of nitrogens with zero attached hydrogens (tertiary/aromatic N) is 2. The number of hydrogen-bond acceptors (Lipinski definition) is 3. The van der Waals surface area contributed by atoms with Crippen molar-refractivity contribution in [2.45, 2.75) is 19.8 Å². The molecule has 1 aromatic rings. The van der Waals surface area contributed by atoms with E-state index in [1.54, 1.807) is 14.2 Å². The van der Waals surface area contributed by atoms with Crippen molar-refractivity contribution in [3.8, 4) is 0 Å². The number of nitrogens with one attached hydrogen (secondary N) is 2. The Morgan fingerprint density at radius 1 is 1.13 bits per heavy atom. The van der Waals surface area contributed by atoms with Crippen LogP contribution in [0.5, 0.6) is 0 Å². The van der Waals surface area contributed by atoms with Gasteiger partial charge < -0.3 is 20.3 Å². The van der Waals surface area contributed by atoms with Gasteiger partial charge in [0.25, 0.3) is 0 Å². The van der Waals surface area contributed by atoms with Crippen molar-refractivity contribution < 1.29 is 4.74 Å². The monoisotopic (exact) mass is 434 g/mol. The molecule has 5 nitrogen and oxygen atoms in total. The summed E-state index contributed by atoms with van der Waals surface area (Å²) in [6, 6.07) is 10.5. The molecule has 2 N–H and O–H groups in total. The van der Waals surface area contributed by atoms with Gasteiger partial charge in [-0.15, -0.1) is 24.0 Å². The Bertz CT molecular complexity index is 414. The van der Waals surface area contributed by atoms with Gasteiger partial charge >= 0.3 is 0 Å². The minimum Gasteiger partial charge on any atom is -0.385 e. The Kier molecular flexibility index (Phi) is 13.9. The van der Waals surface area contributed by atoms with E-state index < -0.39 is 0 Å². The molecule has 23 heavy (non-hydrogen) atoms. The molecular formula is C17H31IN4O. The van der Waals surface area contributed by atoms with Crippen LogP contribution in [0.4, 0.5) is 5.69 Å². The number of halogens is 1. The summed E-state index contributed by atoms with van der Waals surface area (Å²) in [5, 5.41) is 6.63. The van der Waals surface area contributed by atoms with E-state index in [-0.39, 0.29) is 24.0 Å². The van der Waals surface area contributed by atoms with Gasteiger partial charge in [0.2, 0.25) is 0 Å². The van der Waals surface area contributed by atoms with E-state index in [9.17, 15) is 0 Å². The maximum atomic E-state index is 5.03. The molecule has 1 rings (SSSR count). The van der Waals surface area contributed by atoms with Crippen LogP contribution in [-0.2, 0) is 4.74 Å². The van der Waals surface area contributed by atoms with Gasteiger partial charge in [-0.25, -0.2) is 0 Å². The summed E-state index contributed by atoms with van der Waals surface area (Å²) < 4.78 is 5.03. The van der Waals surface area contributed by atoms with Gasteiger partial charge in [0.05, 0.1) is 0 Å². The highest BCUT2D eigenvalue weighted by Crippen LogP contribution is 2.12. The van der Waals surface area contributed by atoms with Crippen LogP contribution in [0, 0.1) is 0 Å². The first-order valence-electron chi connectivity index (χ1n) is 8.05. The van der Waals surface area contributed by atoms with Crippen molar-refractivity contribution in [3.63, 3.8) is 0 Å². The SMILES string of the molecule is CCN(CCCNC(=NC)NCCCOC)c1ccccc1.I. The van der Waals surface area contributed by atoms with Gasteiger partial charge in [0.15, 0.2) is 5.96 Å². The molecule has 1 aromatic carbocycles. The zero-order valence-electron chi connectivity index (χ0n) is 14.5. The summed E-state index contributed by atoms with van der Waals surface area (Å²) in [7, 11) is 3.52. The molecule has 0 amide bonds. The summed E-state index contributed by atoms with van der Waals surface area (Å²) in [5.74, 6) is 0.860. The Balaban J connectivity index is 0.00000484. The fraction of sp³-hybridized carbons (Fsp3) is 0.588. The van der Waals surface area contributed by atoms with Crippen molar-refractivity contribution in [3.05, 3.63) is 30.3 Å². The lowest BCUT2D eigenvalue weighted by Crippen LogP contribution is -2.39. The molecule has 0 saturated heterocycles. The van der Waals surface area contributed by atoms with Gasteiger partial charge in [-0.05, 0) is 31.9 Å². The van der Waals surface area contributed by atoms with E-state index in [0.717, 1.165) is 51.6 Å². The Labute approximate surface area is 157 Å². The summed E-state index contributed by atoms with van der Waals surface area (Å²) in [5.41, 5.74) is 1.28. The largest absolute Gasteiger partial charge is 0.385 e. The van der Waals surface area contributed by atoms with E-state index in [4.69, 9.17) is 4.74 Å². The highest BCUT2D eigenvalue weighted by atomic mass is 127. The lowest BCUT2D eigenvalue weighted by atomic mass is 10.2. The molecule has 0 spiro atoms. The predicted molar refractivity (Wildman–Crippen MR) is 110 cm³/mol. The molecule has 0 unspecified atom stereocenters. The van der Waals surface area contributed by atoms with Crippen molar-refractivity contribution in [1.29, 1.82) is 0 Å². The van der Waals surface area contributed by atoms with Gasteiger partial charge in [-0.3, -0.25) is 4.99 Å². The number of para-hydroxylation sites is 1. The van der Waals surface area contributed by atoms with Crippen LogP contribution in [0.3, 0.4) is 0 Å². The molecule has 0 atom stereocenters. The summed E-state index contributed by atoms with van der Waals surface area (Å²) in [4.78, 5) is 6.61. The first kappa shape index (κ1) is 22.0. The highest BCUT2D eigenvalue weighted by Gasteiger charge is 2.03. The zero-order chi connectivity index (χ0) is 16.0. The minimum absolute atomic E-state index is 0. The molecule has 0 radical (unpaired) electrons. The quantitative estimate of drug-likeness (QED) is 0.257. The summed E-state index contributed by atoms with van der Waals surface area (Å²) in [6.07, 6.45) is 2.05. The number of anilines is 1. The number of aliphatic imine (C=N–C) groups is 1. The maximum Gasteiger partial charge on any atom is 0.190 e. The van der Waals surface area contributed by atoms with Crippen molar-refractivity contribution >= 4 is 35.6 Å². The van der Waals surface area contributed by atoms with Gasteiger partial charge in [0.1, 0.15) is 0 Å². The fourth-order valence-corrected chi connectivity index (χ4v) is 2.23. The molecule has 0 aromatic heterocycles. The molecule has 6 heteroatoms. The Morgan fingerprint density at radius 2 is 1.78 bits per heavy atom. The van der Waals surface area contributed by atoms with E-state index in [1.807, 2.05) is 0 Å². The van der Waals surface area contributed by atoms with E-state index >= 15 is 0 Å². The molecule has 0 saturated carbocycles. The van der Waals surface area contributed by atoms with Crippen LogP contribution in [0.2, 0.25) is 0 Å². The first-order valence-corrected chi connectivity index (χ1v) is 8.05. The van der Waals surface area contributed by atoms with Crippen LogP contribution in [-0.4, -0.2) is 52.9 Å². The van der Waals surface area contributed by atoms with E-state index in [2.05, 4.69) is 57.8 Å². The van der Waals surface area contributed by atoms with Crippen LogP contribution >= 0.6 is 24.0 Å². The lowest BCUT2D eigenvalue weighted by Gasteiger charge is -2.23. The number of rotatable bonds is 10. The normalized spacial score (nSPS) is 10.8. The van der Waals surface area contributed by atoms with Crippen LogP contribution in [0.25, 0.3) is 0 Å². The molecule has 0 aliphatic carbocycles. The first-order chi connectivity index (χ1) is 10.8. The number of methoxy groups -OCH3 is 1. The number of hydrogen-bond donors (Lipinski definition) is 2. The second kappa shape index (κ2) is 14.6. The topological polar surface area (TPSA) is 48.9 Å². The second-order valence-corrected chi connectivity index (χ2v) is 5.04. The fourth-order valence-electron chi connectivity index (χ4n) is 2.23. The van der Waals surface area contributed by atoms with Gasteiger partial charge in [0, 0.05) is 52.6 Å². The third-order valence-electron chi connectivity index (χ3n) is 3.44. The smallest absolute Gasteiger partial charge is 0.190 e. The third kappa shape index (κ3) is 9.65. The molecule has 0 heterocycles. The number of benzene rings is 1. The second-order valence-electron chi connectivity index (χ2n) is 5.04. The summed E-state index contributed by atoms with van der Waals surface area (Å²) >= 11 is 0. The number of guanidine groups is 1. The van der Waals surface area contributed by atoms with Crippen molar-refractivity contribution in [2.75, 3.05) is 51.8 Å². The number of ether oxygens (including phenoxy) is 1. The molecule has 0 aliphatic heterocycles. The van der Waals surface area contributed by atoms with Crippen LogP contribution in [0.1, 0.15) is 19.8 Å². The van der Waals surface area contributed by atoms with E-state index in [1.165, 1.54) is 5.69 Å². The predicted octanol–water partition coefficient (Wildman–Crippen LogP) is 2.72. The van der Waals surface area contributed by atoms with Gasteiger partial charge in [-0.1, -0.05) is 18.2 Å². The van der Waals surface area contributed by atoms with Crippen molar-refractivity contribution in [2.24, 2.45) is 4.99 Å². The van der Waals surface area contributed by atoms with Crippen LogP contribution in [0.15, 0.2) is 35.3 Å². The van der Waals surface area contributed by atoms with Crippen molar-refractivity contribution in [1.82, 2.24) is 10.6 Å². The van der Waals surface area contributed by atoms with E-state index in [0.29, 0.717) is 0 Å². The van der Waals surface area contributed by atoms with Gasteiger partial charge in [-0.2, -0.15) is 0 Å². The average Bonchev–Trinajstić information content (AvgIpc) is 2.57. The molecule has 0 aliphatic rings. The molecule has 0 bridgehead atoms. The summed E-state index contributed by atoms with van der Waals surface area (Å²) in [6.45, 7) is 6.80. The minimum atomic E-state index is 0. The molecule has 0 fully saturated rings. The third-order valence-corrected chi connectivity index (χ3v) is 3.44. The molecule has 132 valence electrons. The Morgan fingerprint density at radius 3 is 2.35 bits per heavy atom. The zero-order valence-corrected chi connectivity index (χ0v) is 16.9. The standard InChI is InChI=1S/C17H30N4O.HI/c1-4-21(16-10-6-5-7-11-16)14-8-12-19-17(18-2)20-13-9-15-22-3;/h5-7,10-11H,4,8-9,12-15H2,1-3H3,(H2,18,19,20);1H. The highest BCUT2D eigenvalue weighted by molar-refractivity contribution is 14.0. The van der Waals surface area contributed by atoms with Crippen LogP contribution < -0.4 is 15.5 Å². The maximum absolute atomic E-state index is 5.03. The average molecular weight is 434 g/mol. The molecular weight excluding hydrogens is 403 g/mol. The Hall–Kier alpha value is -1.02. The lowest BCUT2D eigenvalue weighted by molar-refractivity contribution is 0.195.